The van der Waals surface area contributed by atoms with Crippen molar-refractivity contribution in [1.82, 2.24) is 41.0 Å². The number of primary amides is 1. The highest BCUT2D eigenvalue weighted by molar-refractivity contribution is 5.99. The van der Waals surface area contributed by atoms with Crippen molar-refractivity contribution < 1.29 is 67.6 Å². The third-order valence-corrected chi connectivity index (χ3v) is 13.9. The number of amides is 9. The number of fused-ring (bicyclic) bond motifs is 1. The topological polar surface area (TPSA) is 339 Å². The van der Waals surface area contributed by atoms with Gasteiger partial charge in [0.1, 0.15) is 42.4 Å². The molecule has 24 heteroatoms. The van der Waals surface area contributed by atoms with E-state index < -0.39 is 125 Å². The highest BCUT2D eigenvalue weighted by atomic mass is 16.6. The molecule has 6 atom stereocenters. The number of hydrogen-bond donors (Lipinski definition) is 9. The fourth-order valence-electron chi connectivity index (χ4n) is 9.37. The van der Waals surface area contributed by atoms with Crippen LogP contribution in [0.3, 0.4) is 0 Å². The van der Waals surface area contributed by atoms with Crippen molar-refractivity contribution in [2.24, 2.45) is 30.0 Å². The number of anilines is 1. The summed E-state index contributed by atoms with van der Waals surface area (Å²) in [4.78, 5) is 135. The molecule has 0 saturated carbocycles. The van der Waals surface area contributed by atoms with E-state index in [0.29, 0.717) is 11.3 Å². The number of aryl methyl sites for hydroxylation is 1. The number of carbonyl (C=O) groups excluding carboxylic acids is 8. The number of likely N-dealkylation sites (N-methyl/N-ethyl adjacent to an activating group) is 2. The van der Waals surface area contributed by atoms with Gasteiger partial charge in [0.15, 0.2) is 0 Å². The minimum Gasteiger partial charge on any atom is -0.481 e. The Morgan fingerprint density at radius 3 is 1.90 bits per heavy atom. The Kier molecular flexibility index (Phi) is 24.7. The van der Waals surface area contributed by atoms with Gasteiger partial charge in [-0.25, -0.2) is 19.2 Å². The van der Waals surface area contributed by atoms with Gasteiger partial charge < -0.3 is 66.8 Å². The van der Waals surface area contributed by atoms with E-state index in [2.05, 4.69) is 31.9 Å². The highest BCUT2D eigenvalue weighted by Gasteiger charge is 2.47. The number of nitrogens with zero attached hydrogens (tertiary/aromatic N) is 3. The van der Waals surface area contributed by atoms with Gasteiger partial charge in [-0.15, -0.1) is 0 Å². The number of carboxylic acid groups (broad SMARTS) is 2. The SMILES string of the molecule is C/C(=C\[C@H](C(C)C)N(C)C(=O)[C@@H](NC(=O)[C@@H](N(C)C(=O)OCc1ccc(NC(=O)[C@H](CCCNC(N)=O)NC(=O)[C@@H](NC(=O)OC(C)(C)C)C(C)C)cc1)C(C)(C)c1cn(C)c2ccccc12)C(C)(C)C)C(=O)NC(CCC(=O)O)C(=O)O. The molecule has 3 aromatic rings. The highest BCUT2D eigenvalue weighted by Crippen LogP contribution is 2.37. The Morgan fingerprint density at radius 1 is 0.747 bits per heavy atom. The molecule has 0 saturated heterocycles. The summed E-state index contributed by atoms with van der Waals surface area (Å²) in [5, 5.41) is 35.5. The number of carboxylic acids is 2. The van der Waals surface area contributed by atoms with Crippen LogP contribution in [-0.2, 0) is 62.1 Å². The molecule has 458 valence electrons. The molecule has 0 spiro atoms. The number of alkyl carbamates (subject to hydrolysis) is 1. The first-order valence-electron chi connectivity index (χ1n) is 27.6. The summed E-state index contributed by atoms with van der Waals surface area (Å²) >= 11 is 0. The Labute approximate surface area is 486 Å². The first-order chi connectivity index (χ1) is 38.4. The number of aromatic nitrogens is 1. The van der Waals surface area contributed by atoms with Gasteiger partial charge >= 0.3 is 30.2 Å². The lowest BCUT2D eigenvalue weighted by atomic mass is 9.76. The zero-order valence-electron chi connectivity index (χ0n) is 50.8. The van der Waals surface area contributed by atoms with E-state index >= 15 is 4.79 Å². The molecule has 0 aliphatic rings. The summed E-state index contributed by atoms with van der Waals surface area (Å²) < 4.78 is 13.1. The third-order valence-electron chi connectivity index (χ3n) is 13.9. The molecule has 83 heavy (non-hydrogen) atoms. The predicted octanol–water partition coefficient (Wildman–Crippen LogP) is 5.91. The second-order valence-electron chi connectivity index (χ2n) is 24.1. The largest absolute Gasteiger partial charge is 0.481 e. The summed E-state index contributed by atoms with van der Waals surface area (Å²) in [6, 6.07) is 6.23. The van der Waals surface area contributed by atoms with Crippen LogP contribution in [0.15, 0.2) is 66.4 Å². The number of nitrogens with two attached hydrogens (primary N) is 1. The quantitative estimate of drug-likeness (QED) is 0.0317. The minimum absolute atomic E-state index is 0.0736. The van der Waals surface area contributed by atoms with Gasteiger partial charge in [0.25, 0.3) is 0 Å². The Morgan fingerprint density at radius 2 is 1.36 bits per heavy atom. The van der Waals surface area contributed by atoms with Crippen LogP contribution in [0.25, 0.3) is 10.9 Å². The lowest BCUT2D eigenvalue weighted by Gasteiger charge is -2.42. The molecule has 9 amide bonds. The molecule has 0 radical (unpaired) electrons. The normalized spacial score (nSPS) is 14.2. The molecule has 0 fully saturated rings. The smallest absolute Gasteiger partial charge is 0.410 e. The second-order valence-corrected chi connectivity index (χ2v) is 24.1. The van der Waals surface area contributed by atoms with Gasteiger partial charge in [-0.3, -0.25) is 33.7 Å². The minimum atomic E-state index is -1.47. The monoisotopic (exact) mass is 1160 g/mol. The zero-order chi connectivity index (χ0) is 63.1. The fraction of sp³-hybridized carbons (Fsp3) is 0.559. The van der Waals surface area contributed by atoms with Crippen molar-refractivity contribution in [2.45, 2.75) is 170 Å². The van der Waals surface area contributed by atoms with Crippen molar-refractivity contribution in [3.8, 4) is 0 Å². The van der Waals surface area contributed by atoms with Crippen LogP contribution in [0.5, 0.6) is 0 Å². The average Bonchev–Trinajstić information content (AvgIpc) is 4.02. The molecule has 1 aromatic heterocycles. The maximum Gasteiger partial charge on any atom is 0.410 e. The van der Waals surface area contributed by atoms with Crippen LogP contribution in [0.2, 0.25) is 0 Å². The van der Waals surface area contributed by atoms with Crippen molar-refractivity contribution in [3.63, 3.8) is 0 Å². The molecule has 1 heterocycles. The van der Waals surface area contributed by atoms with Gasteiger partial charge in [0, 0.05) is 67.9 Å². The van der Waals surface area contributed by atoms with Crippen LogP contribution < -0.4 is 37.6 Å². The Hall–Kier alpha value is -8.18. The summed E-state index contributed by atoms with van der Waals surface area (Å²) in [6.07, 6.45) is 1.20. The fourth-order valence-corrected chi connectivity index (χ4v) is 9.37. The number of rotatable bonds is 27. The number of benzene rings is 2. The van der Waals surface area contributed by atoms with Gasteiger partial charge in [0.05, 0.1) is 6.04 Å². The van der Waals surface area contributed by atoms with E-state index in [4.69, 9.17) is 20.3 Å². The first kappa shape index (κ1) is 69.1. The number of para-hydroxylation sites is 1. The number of ether oxygens (including phenoxy) is 2. The van der Waals surface area contributed by atoms with Gasteiger partial charge in [-0.1, -0.05) is 98.7 Å². The number of nitrogens with one attached hydrogen (secondary N) is 6. The molecule has 24 nitrogen and oxygen atoms in total. The van der Waals surface area contributed by atoms with Gasteiger partial charge in [-0.05, 0) is 93.5 Å². The maximum absolute atomic E-state index is 15.2. The van der Waals surface area contributed by atoms with Gasteiger partial charge in [0.2, 0.25) is 29.5 Å². The summed E-state index contributed by atoms with van der Waals surface area (Å²) in [5.41, 5.74) is 4.77. The Balaban J connectivity index is 1.94. The molecule has 0 aliphatic carbocycles. The number of carbonyl (C=O) groups is 10. The van der Waals surface area contributed by atoms with Crippen LogP contribution >= 0.6 is 0 Å². The molecule has 1 unspecified atom stereocenters. The Bertz CT molecular complexity index is 2850. The first-order valence-corrected chi connectivity index (χ1v) is 27.6. The van der Waals surface area contributed by atoms with Gasteiger partial charge in [-0.2, -0.15) is 0 Å². The van der Waals surface area contributed by atoms with E-state index in [1.54, 1.807) is 79.7 Å². The zero-order valence-corrected chi connectivity index (χ0v) is 50.8. The average molecular weight is 1160 g/mol. The van der Waals surface area contributed by atoms with E-state index in [0.717, 1.165) is 16.5 Å². The van der Waals surface area contributed by atoms with Crippen LogP contribution in [0, 0.1) is 17.3 Å². The molecular weight excluding hydrogens is 1070 g/mol. The number of urea groups is 1. The van der Waals surface area contributed by atoms with Crippen LogP contribution in [-0.4, -0.2) is 147 Å². The number of hydrogen-bond acceptors (Lipinski definition) is 12. The summed E-state index contributed by atoms with van der Waals surface area (Å²) in [5.74, 6) is -6.56. The molecule has 0 aliphatic heterocycles. The molecule has 0 bridgehead atoms. The lowest BCUT2D eigenvalue weighted by Crippen LogP contribution is -2.63. The van der Waals surface area contributed by atoms with Crippen molar-refractivity contribution in [3.05, 3.63) is 77.5 Å². The second kappa shape index (κ2) is 29.7. The van der Waals surface area contributed by atoms with E-state index in [9.17, 15) is 48.3 Å². The van der Waals surface area contributed by atoms with E-state index in [-0.39, 0.29) is 43.9 Å². The predicted molar refractivity (Wildman–Crippen MR) is 312 cm³/mol. The lowest BCUT2D eigenvalue weighted by molar-refractivity contribution is -0.142. The van der Waals surface area contributed by atoms with Crippen LogP contribution in [0.1, 0.15) is 127 Å². The van der Waals surface area contributed by atoms with E-state index in [1.807, 2.05) is 69.8 Å². The molecule has 2 aromatic carbocycles. The molecular formula is C59H88N10O14. The number of aliphatic carboxylic acids is 2. The van der Waals surface area contributed by atoms with E-state index in [1.165, 1.54) is 36.9 Å². The molecule has 10 N–H and O–H groups in total. The maximum atomic E-state index is 15.2. The van der Waals surface area contributed by atoms with Crippen LogP contribution in [0.4, 0.5) is 20.1 Å². The molecule has 3 rings (SSSR count). The third kappa shape index (κ3) is 20.3. The summed E-state index contributed by atoms with van der Waals surface area (Å²) in [6.45, 7) is 22.4. The van der Waals surface area contributed by atoms with Crippen molar-refractivity contribution in [1.29, 1.82) is 0 Å². The van der Waals surface area contributed by atoms with Crippen molar-refractivity contribution in [2.75, 3.05) is 26.0 Å². The standard InChI is InChI=1S/C59H88N10O14/c1-33(2)43(30-35(5)48(72)64-41(53(77)78)27-28-44(70)71)68(15)52(76)46(57(6,7)8)66-51(75)47(59(12,13)39-31-67(14)42-22-18-17-20-38(39)42)69(16)56(81)82-32-36-23-25-37(26-24-36)62-49(73)40(21-19-29-61-54(60)79)63-50(74)45(34(3)4)65-55(80)83-58(9,10)11/h17-18,20,22-26,30-31,33-34,40-41,43,45-47H,19,21,27-29,32H2,1-16H3,(H,62,73)(H,63,74)(H,64,72)(H,65,80)(H,66,75)(H,70,71)(H,77,78)(H3,60,61,79)/b35-30+/t40-,41?,43+,45-,46+,47+/m0/s1. The van der Waals surface area contributed by atoms with Crippen molar-refractivity contribution >= 4 is 76.3 Å². The summed E-state index contributed by atoms with van der Waals surface area (Å²) in [7, 11) is 4.82.